The first-order valence-corrected chi connectivity index (χ1v) is 12.6. The summed E-state index contributed by atoms with van der Waals surface area (Å²) in [5.74, 6) is 0.241. The van der Waals surface area contributed by atoms with Gasteiger partial charge in [-0.1, -0.05) is 24.3 Å². The zero-order chi connectivity index (χ0) is 24.5. The number of anilines is 1. The molecule has 8 heteroatoms. The van der Waals surface area contributed by atoms with Crippen molar-refractivity contribution in [1.29, 1.82) is 0 Å². The maximum absolute atomic E-state index is 13.3. The number of hydrogen-bond donors (Lipinski definition) is 1. The normalized spacial score (nSPS) is 15.1. The molecule has 2 aliphatic rings. The predicted molar refractivity (Wildman–Crippen MR) is 139 cm³/mol. The van der Waals surface area contributed by atoms with Gasteiger partial charge in [-0.2, -0.15) is 0 Å². The van der Waals surface area contributed by atoms with Gasteiger partial charge in [-0.3, -0.25) is 4.79 Å². The lowest BCUT2D eigenvalue weighted by molar-refractivity contribution is -0.119. The van der Waals surface area contributed by atoms with Gasteiger partial charge in [-0.15, -0.1) is 11.3 Å². The maximum Gasteiger partial charge on any atom is 0.339 e. The lowest BCUT2D eigenvalue weighted by atomic mass is 10.0. The largest absolute Gasteiger partial charge is 0.486 e. The highest BCUT2D eigenvalue weighted by atomic mass is 32.1. The second-order valence-corrected chi connectivity index (χ2v) is 9.48. The Bertz CT molecular complexity index is 1510. The summed E-state index contributed by atoms with van der Waals surface area (Å²) in [5, 5.41) is 5.51. The van der Waals surface area contributed by atoms with Gasteiger partial charge in [0.25, 0.3) is 5.91 Å². The van der Waals surface area contributed by atoms with E-state index in [1.165, 1.54) is 0 Å². The molecule has 2 aromatic heterocycles. The first kappa shape index (κ1) is 22.3. The first-order chi connectivity index (χ1) is 17.7. The number of benzene rings is 2. The summed E-state index contributed by atoms with van der Waals surface area (Å²) in [7, 11) is 0. The number of esters is 1. The molecular formula is C28H22N2O5S. The number of ether oxygens (including phenoxy) is 3. The number of nitrogens with zero attached hydrogens (tertiary/aromatic N) is 1. The second kappa shape index (κ2) is 9.47. The topological polar surface area (TPSA) is 86.8 Å². The van der Waals surface area contributed by atoms with Crippen molar-refractivity contribution in [3.05, 3.63) is 81.7 Å². The Morgan fingerprint density at radius 1 is 1.03 bits per heavy atom. The van der Waals surface area contributed by atoms with Crippen LogP contribution in [-0.4, -0.2) is 36.7 Å². The number of aromatic nitrogens is 1. The number of nitrogens with one attached hydrogen (secondary N) is 1. The molecule has 1 N–H and O–H groups in total. The van der Waals surface area contributed by atoms with Crippen molar-refractivity contribution in [3.63, 3.8) is 0 Å². The average Bonchev–Trinajstić information content (AvgIpc) is 3.56. The van der Waals surface area contributed by atoms with Gasteiger partial charge in [-0.05, 0) is 59.7 Å². The molecule has 1 aliphatic carbocycles. The summed E-state index contributed by atoms with van der Waals surface area (Å²) in [5.41, 5.74) is 4.55. The molecule has 180 valence electrons. The van der Waals surface area contributed by atoms with Crippen LogP contribution in [0.25, 0.3) is 22.6 Å². The van der Waals surface area contributed by atoms with Gasteiger partial charge in [0.1, 0.15) is 13.2 Å². The Labute approximate surface area is 211 Å². The number of pyridine rings is 1. The van der Waals surface area contributed by atoms with Crippen molar-refractivity contribution in [2.24, 2.45) is 0 Å². The van der Waals surface area contributed by atoms with Crippen LogP contribution in [0.4, 0.5) is 5.69 Å². The van der Waals surface area contributed by atoms with E-state index in [-0.39, 0.29) is 0 Å². The van der Waals surface area contributed by atoms with Crippen LogP contribution in [0.3, 0.4) is 0 Å². The van der Waals surface area contributed by atoms with Gasteiger partial charge >= 0.3 is 5.97 Å². The number of carbonyl (C=O) groups excluding carboxylic acids is 2. The van der Waals surface area contributed by atoms with Crippen LogP contribution in [0.15, 0.2) is 60.0 Å². The molecule has 4 aromatic rings. The van der Waals surface area contributed by atoms with Crippen LogP contribution in [0.1, 0.15) is 32.9 Å². The van der Waals surface area contributed by atoms with E-state index in [9.17, 15) is 9.59 Å². The highest BCUT2D eigenvalue weighted by Gasteiger charge is 2.28. The summed E-state index contributed by atoms with van der Waals surface area (Å²) in [6.45, 7) is 0.542. The molecule has 1 aliphatic heterocycles. The molecule has 0 spiro atoms. The molecule has 0 radical (unpaired) electrons. The molecule has 0 atom stereocenters. The van der Waals surface area contributed by atoms with E-state index in [4.69, 9.17) is 19.2 Å². The van der Waals surface area contributed by atoms with Gasteiger partial charge in [0.2, 0.25) is 0 Å². The molecule has 36 heavy (non-hydrogen) atoms. The zero-order valence-electron chi connectivity index (χ0n) is 19.3. The number of rotatable bonds is 5. The summed E-state index contributed by atoms with van der Waals surface area (Å²) < 4.78 is 16.6. The van der Waals surface area contributed by atoms with Gasteiger partial charge in [0.15, 0.2) is 18.1 Å². The molecule has 0 unspecified atom stereocenters. The first-order valence-electron chi connectivity index (χ1n) is 11.7. The fourth-order valence-electron chi connectivity index (χ4n) is 4.58. The van der Waals surface area contributed by atoms with Crippen molar-refractivity contribution in [2.45, 2.75) is 12.8 Å². The lowest BCUT2D eigenvalue weighted by Gasteiger charge is -2.19. The fraction of sp³-hybridized carbons (Fsp3) is 0.179. The Balaban J connectivity index is 1.23. The van der Waals surface area contributed by atoms with E-state index in [1.54, 1.807) is 29.5 Å². The Morgan fingerprint density at radius 3 is 2.75 bits per heavy atom. The molecule has 0 saturated heterocycles. The highest BCUT2D eigenvalue weighted by molar-refractivity contribution is 7.10. The minimum atomic E-state index is -0.528. The number of hydrogen-bond acceptors (Lipinski definition) is 7. The maximum atomic E-state index is 13.3. The van der Waals surface area contributed by atoms with E-state index in [2.05, 4.69) is 17.5 Å². The molecule has 0 fully saturated rings. The zero-order valence-corrected chi connectivity index (χ0v) is 20.1. The Kier molecular flexibility index (Phi) is 5.87. The summed E-state index contributed by atoms with van der Waals surface area (Å²) in [4.78, 5) is 31.9. The molecule has 0 bridgehead atoms. The number of amides is 1. The number of para-hydroxylation sites is 1. The summed E-state index contributed by atoms with van der Waals surface area (Å²) >= 11 is 1.66. The highest BCUT2D eigenvalue weighted by Crippen LogP contribution is 2.38. The third-order valence-corrected chi connectivity index (χ3v) is 6.99. The van der Waals surface area contributed by atoms with Gasteiger partial charge in [-0.25, -0.2) is 9.78 Å². The molecule has 2 aromatic carbocycles. The van der Waals surface area contributed by atoms with Crippen molar-refractivity contribution in [1.82, 2.24) is 4.98 Å². The smallest absolute Gasteiger partial charge is 0.339 e. The van der Waals surface area contributed by atoms with Gasteiger partial charge in [0.05, 0.1) is 16.8 Å². The van der Waals surface area contributed by atoms with E-state index in [1.807, 2.05) is 35.7 Å². The Morgan fingerprint density at radius 2 is 1.89 bits per heavy atom. The van der Waals surface area contributed by atoms with Crippen molar-refractivity contribution < 1.29 is 23.8 Å². The van der Waals surface area contributed by atoms with Crippen LogP contribution >= 0.6 is 11.3 Å². The third-order valence-electron chi connectivity index (χ3n) is 6.17. The average molecular weight is 499 g/mol. The molecule has 0 saturated carbocycles. The number of fused-ring (bicyclic) bond motifs is 3. The fourth-order valence-corrected chi connectivity index (χ4v) is 5.26. The van der Waals surface area contributed by atoms with Crippen LogP contribution < -0.4 is 14.8 Å². The van der Waals surface area contributed by atoms with Crippen molar-refractivity contribution >= 4 is 51.5 Å². The Hall–Kier alpha value is -4.17. The predicted octanol–water partition coefficient (Wildman–Crippen LogP) is 5.35. The number of allylic oxidation sites excluding steroid dienone is 1. The standard InChI is InChI=1S/C28H22N2O5S/c31-25(29-18-8-10-23-24(15-18)34-12-11-33-23)16-35-28(32)26-20-5-1-2-6-22(20)30-27-17(7-9-21(26)27)14-19-4-3-13-36-19/h1-6,8,10,13-15H,7,9,11-12,16H2,(H,29,31). The minimum absolute atomic E-state index is 0.406. The van der Waals surface area contributed by atoms with Gasteiger partial charge < -0.3 is 19.5 Å². The van der Waals surface area contributed by atoms with E-state index in [0.29, 0.717) is 42.4 Å². The van der Waals surface area contributed by atoms with Crippen LogP contribution in [0.5, 0.6) is 11.5 Å². The SMILES string of the molecule is O=C(COC(=O)c1c2c(nc3ccccc13)C(=Cc1cccs1)CC2)Nc1ccc2c(c1)OCCO2. The van der Waals surface area contributed by atoms with Crippen LogP contribution in [-0.2, 0) is 16.0 Å². The van der Waals surface area contributed by atoms with Crippen molar-refractivity contribution in [3.8, 4) is 11.5 Å². The number of thiophene rings is 1. The van der Waals surface area contributed by atoms with Crippen LogP contribution in [0, 0.1) is 0 Å². The molecular weight excluding hydrogens is 476 g/mol. The summed E-state index contributed by atoms with van der Waals surface area (Å²) in [6.07, 6.45) is 3.62. The van der Waals surface area contributed by atoms with E-state index >= 15 is 0 Å². The third kappa shape index (κ3) is 4.31. The van der Waals surface area contributed by atoms with Gasteiger partial charge in [0, 0.05) is 22.0 Å². The van der Waals surface area contributed by atoms with Crippen molar-refractivity contribution in [2.75, 3.05) is 25.1 Å². The summed E-state index contributed by atoms with van der Waals surface area (Å²) in [6, 6.07) is 16.8. The second-order valence-electron chi connectivity index (χ2n) is 8.50. The molecule has 7 nitrogen and oxygen atoms in total. The molecule has 1 amide bonds. The monoisotopic (exact) mass is 498 g/mol. The molecule has 3 heterocycles. The molecule has 6 rings (SSSR count). The lowest BCUT2D eigenvalue weighted by Crippen LogP contribution is -2.22. The quantitative estimate of drug-likeness (QED) is 0.373. The van der Waals surface area contributed by atoms with Crippen LogP contribution in [0.2, 0.25) is 0 Å². The van der Waals surface area contributed by atoms with E-state index < -0.39 is 18.5 Å². The minimum Gasteiger partial charge on any atom is -0.486 e. The van der Waals surface area contributed by atoms with E-state index in [0.717, 1.165) is 39.0 Å². The number of carbonyl (C=O) groups is 2.